The predicted molar refractivity (Wildman–Crippen MR) is 104 cm³/mol. The number of sulfonamides is 1. The first-order valence-corrected chi connectivity index (χ1v) is 11.0. The summed E-state index contributed by atoms with van der Waals surface area (Å²) in [6.45, 7) is 7.41. The van der Waals surface area contributed by atoms with E-state index in [-0.39, 0.29) is 17.4 Å². The van der Waals surface area contributed by atoms with Crippen LogP contribution in [0.4, 0.5) is 0 Å². The van der Waals surface area contributed by atoms with Crippen molar-refractivity contribution in [1.82, 2.24) is 24.8 Å². The fourth-order valence-corrected chi connectivity index (χ4v) is 4.76. The first kappa shape index (κ1) is 20.5. The van der Waals surface area contributed by atoms with E-state index in [4.69, 9.17) is 4.84 Å². The molecule has 1 aliphatic heterocycles. The Kier molecular flexibility index (Phi) is 6.19. The topological polar surface area (TPSA) is 106 Å². The summed E-state index contributed by atoms with van der Waals surface area (Å²) in [4.78, 5) is 18.5. The van der Waals surface area contributed by atoms with Gasteiger partial charge in [-0.2, -0.15) is 4.31 Å². The zero-order valence-corrected chi connectivity index (χ0v) is 17.3. The number of hydrogen-bond donors (Lipinski definition) is 1. The van der Waals surface area contributed by atoms with Gasteiger partial charge >= 0.3 is 0 Å². The average molecular weight is 410 g/mol. The van der Waals surface area contributed by atoms with Crippen LogP contribution in [0.15, 0.2) is 23.1 Å². The molecule has 1 N–H and O–H groups in total. The predicted octanol–water partition coefficient (Wildman–Crippen LogP) is 1.05. The smallest absolute Gasteiger partial charge is 0.260 e. The van der Waals surface area contributed by atoms with Gasteiger partial charge in [-0.25, -0.2) is 8.42 Å². The van der Waals surface area contributed by atoms with Crippen LogP contribution in [-0.2, 0) is 14.8 Å². The second-order valence-electron chi connectivity index (χ2n) is 7.69. The highest BCUT2D eigenvalue weighted by Gasteiger charge is 2.29. The molecule has 0 bridgehead atoms. The minimum absolute atomic E-state index is 0.172. The number of carbonyl (C=O) groups excluding carboxylic acids is 1. The van der Waals surface area contributed by atoms with Crippen molar-refractivity contribution in [1.29, 1.82) is 0 Å². The number of rotatable bonds is 7. The van der Waals surface area contributed by atoms with Gasteiger partial charge in [-0.05, 0) is 48.1 Å². The van der Waals surface area contributed by atoms with E-state index in [0.717, 1.165) is 17.7 Å². The second-order valence-corrected chi connectivity index (χ2v) is 9.63. The maximum atomic E-state index is 13.0. The lowest BCUT2D eigenvalue weighted by Gasteiger charge is -2.30. The highest BCUT2D eigenvalue weighted by atomic mass is 32.2. The third-order valence-electron chi connectivity index (χ3n) is 4.67. The Morgan fingerprint density at radius 2 is 2.18 bits per heavy atom. The van der Waals surface area contributed by atoms with Crippen LogP contribution in [-0.4, -0.2) is 60.0 Å². The summed E-state index contributed by atoms with van der Waals surface area (Å²) in [6.07, 6.45) is 1.89. The molecule has 154 valence electrons. The summed E-state index contributed by atoms with van der Waals surface area (Å²) in [7, 11) is -3.60. The number of benzene rings is 1. The molecule has 0 spiro atoms. The molecular weight excluding hydrogens is 382 g/mol. The molecule has 0 saturated carbocycles. The lowest BCUT2D eigenvalue weighted by molar-refractivity contribution is -0.126. The summed E-state index contributed by atoms with van der Waals surface area (Å²) in [5.74, 6) is 0.400. The lowest BCUT2D eigenvalue weighted by Crippen LogP contribution is -2.39. The van der Waals surface area contributed by atoms with Gasteiger partial charge < -0.3 is 10.2 Å². The molecule has 2 heterocycles. The van der Waals surface area contributed by atoms with Crippen molar-refractivity contribution in [2.24, 2.45) is 11.8 Å². The van der Waals surface area contributed by atoms with Crippen LogP contribution >= 0.6 is 0 Å². The number of aromatic nitrogens is 3. The quantitative estimate of drug-likeness (QED) is 0.733. The number of carbonyl (C=O) groups is 1. The first-order chi connectivity index (χ1) is 13.3. The van der Waals surface area contributed by atoms with E-state index < -0.39 is 10.0 Å². The fraction of sp³-hybridized carbons (Fsp3) is 0.611. The molecule has 28 heavy (non-hydrogen) atoms. The van der Waals surface area contributed by atoms with Gasteiger partial charge in [-0.1, -0.05) is 25.6 Å². The van der Waals surface area contributed by atoms with Crippen LogP contribution in [0.1, 0.15) is 33.6 Å². The van der Waals surface area contributed by atoms with Crippen LogP contribution in [0, 0.1) is 11.8 Å². The molecule has 1 amide bonds. The second kappa shape index (κ2) is 8.44. The lowest BCUT2D eigenvalue weighted by atomic mass is 10.0. The van der Waals surface area contributed by atoms with Gasteiger partial charge in [0.05, 0.1) is 4.90 Å². The van der Waals surface area contributed by atoms with Crippen LogP contribution < -0.4 is 10.2 Å². The van der Waals surface area contributed by atoms with Gasteiger partial charge in [0, 0.05) is 19.6 Å². The first-order valence-electron chi connectivity index (χ1n) is 9.53. The van der Waals surface area contributed by atoms with E-state index in [0.29, 0.717) is 42.5 Å². The van der Waals surface area contributed by atoms with Crippen LogP contribution in [0.5, 0.6) is 0 Å². The van der Waals surface area contributed by atoms with Crippen LogP contribution in [0.25, 0.3) is 11.0 Å². The van der Waals surface area contributed by atoms with Crippen molar-refractivity contribution < 1.29 is 18.0 Å². The monoisotopic (exact) mass is 409 g/mol. The Bertz CT molecular complexity index is 941. The van der Waals surface area contributed by atoms with E-state index in [1.165, 1.54) is 16.4 Å². The van der Waals surface area contributed by atoms with Crippen molar-refractivity contribution >= 4 is 27.0 Å². The number of fused-ring (bicyclic) bond motifs is 1. The number of amides is 1. The molecule has 1 aliphatic rings. The van der Waals surface area contributed by atoms with E-state index in [1.54, 1.807) is 6.07 Å². The van der Waals surface area contributed by atoms with E-state index in [2.05, 4.69) is 22.6 Å². The van der Waals surface area contributed by atoms with Gasteiger partial charge in [0.1, 0.15) is 11.0 Å². The minimum atomic E-state index is -3.60. The van der Waals surface area contributed by atoms with Gasteiger partial charge in [0.2, 0.25) is 10.0 Å². The normalized spacial score (nSPS) is 18.5. The molecular formula is C18H27N5O4S. The van der Waals surface area contributed by atoms with Gasteiger partial charge in [0.15, 0.2) is 6.61 Å². The molecule has 2 aromatic rings. The maximum absolute atomic E-state index is 13.0. The molecule has 0 unspecified atom stereocenters. The van der Waals surface area contributed by atoms with Crippen molar-refractivity contribution in [2.75, 3.05) is 26.2 Å². The number of nitrogens with zero attached hydrogens (tertiary/aromatic N) is 4. The van der Waals surface area contributed by atoms with E-state index in [9.17, 15) is 13.2 Å². The van der Waals surface area contributed by atoms with Gasteiger partial charge in [-0.3, -0.25) is 4.79 Å². The number of nitrogens with one attached hydrogen (secondary N) is 1. The summed E-state index contributed by atoms with van der Waals surface area (Å²) in [5.41, 5.74) is 0.899. The zero-order chi connectivity index (χ0) is 20.3. The van der Waals surface area contributed by atoms with Crippen molar-refractivity contribution in [2.45, 2.75) is 38.5 Å². The highest BCUT2D eigenvalue weighted by molar-refractivity contribution is 7.89. The Morgan fingerprint density at radius 3 is 2.89 bits per heavy atom. The largest absolute Gasteiger partial charge is 0.385 e. The Labute approximate surface area is 165 Å². The minimum Gasteiger partial charge on any atom is -0.385 e. The maximum Gasteiger partial charge on any atom is 0.260 e. The SMILES string of the molecule is CC(C)CNC(=O)COn1nnc2ccc(S(=O)(=O)N3CCC[C@H](C)C3)cc21. The molecule has 1 fully saturated rings. The molecule has 1 aromatic heterocycles. The Hall–Kier alpha value is -2.20. The number of piperidine rings is 1. The van der Waals surface area contributed by atoms with Crippen molar-refractivity contribution in [3.8, 4) is 0 Å². The Morgan fingerprint density at radius 1 is 1.39 bits per heavy atom. The van der Waals surface area contributed by atoms with Crippen molar-refractivity contribution in [3.63, 3.8) is 0 Å². The van der Waals surface area contributed by atoms with E-state index >= 15 is 0 Å². The summed E-state index contributed by atoms with van der Waals surface area (Å²) < 4.78 is 27.5. The standard InChI is InChI=1S/C18H27N5O4S/c1-13(2)10-19-18(24)12-27-23-17-9-15(6-7-16(17)20-21-23)28(25,26)22-8-4-5-14(3)11-22/h6-7,9,13-14H,4-5,8,10-12H2,1-3H3,(H,19,24)/t14-/m0/s1. The molecule has 1 aromatic carbocycles. The third-order valence-corrected chi connectivity index (χ3v) is 6.53. The summed E-state index contributed by atoms with van der Waals surface area (Å²) in [6, 6.07) is 4.63. The fourth-order valence-electron chi connectivity index (χ4n) is 3.14. The number of hydrogen-bond acceptors (Lipinski definition) is 6. The highest BCUT2D eigenvalue weighted by Crippen LogP contribution is 2.25. The van der Waals surface area contributed by atoms with Crippen LogP contribution in [0.3, 0.4) is 0 Å². The Balaban J connectivity index is 1.77. The van der Waals surface area contributed by atoms with Gasteiger partial charge in [0.25, 0.3) is 5.91 Å². The van der Waals surface area contributed by atoms with Crippen LogP contribution in [0.2, 0.25) is 0 Å². The summed E-state index contributed by atoms with van der Waals surface area (Å²) in [5, 5.41) is 10.6. The third kappa shape index (κ3) is 4.61. The molecule has 9 nitrogen and oxygen atoms in total. The van der Waals surface area contributed by atoms with Crippen molar-refractivity contribution in [3.05, 3.63) is 18.2 Å². The molecule has 0 aliphatic carbocycles. The molecule has 0 radical (unpaired) electrons. The zero-order valence-electron chi connectivity index (χ0n) is 16.5. The summed E-state index contributed by atoms with van der Waals surface area (Å²) >= 11 is 0. The molecule has 1 saturated heterocycles. The molecule has 3 rings (SSSR count). The average Bonchev–Trinajstić information content (AvgIpc) is 3.07. The molecule has 1 atom stereocenters. The van der Waals surface area contributed by atoms with E-state index in [1.807, 2.05) is 13.8 Å². The van der Waals surface area contributed by atoms with Gasteiger partial charge in [-0.15, -0.1) is 5.10 Å². The molecule has 10 heteroatoms.